The number of hydrogen-bond acceptors (Lipinski definition) is 5. The van der Waals surface area contributed by atoms with Crippen LogP contribution >= 0.6 is 0 Å². The summed E-state index contributed by atoms with van der Waals surface area (Å²) in [5, 5.41) is 11.2. The molecule has 3 aromatic carbocycles. The van der Waals surface area contributed by atoms with Crippen LogP contribution in [0.15, 0.2) is 66.7 Å². The van der Waals surface area contributed by atoms with Crippen molar-refractivity contribution in [2.24, 2.45) is 0 Å². The van der Waals surface area contributed by atoms with E-state index in [2.05, 4.69) is 0 Å². The number of fused-ring (bicyclic) bond motifs is 4. The fourth-order valence-electron chi connectivity index (χ4n) is 3.87. The Hall–Kier alpha value is -3.64. The first kappa shape index (κ1) is 17.5. The number of rotatable bonds is 3. The maximum atomic E-state index is 11.2. The molecule has 1 atom stereocenters. The van der Waals surface area contributed by atoms with Crippen molar-refractivity contribution in [3.05, 3.63) is 99.1 Å². The van der Waals surface area contributed by atoms with Crippen molar-refractivity contribution in [3.8, 4) is 11.5 Å². The first-order valence-corrected chi connectivity index (χ1v) is 9.17. The topological polar surface area (TPSA) is 70.8 Å². The maximum Gasteiger partial charge on any atom is 0.270 e. The maximum absolute atomic E-state index is 11.2. The largest absolute Gasteiger partial charge is 0.497 e. The summed E-state index contributed by atoms with van der Waals surface area (Å²) in [6, 6.07) is 20.1. The van der Waals surface area contributed by atoms with E-state index in [0.29, 0.717) is 17.9 Å². The summed E-state index contributed by atoms with van der Waals surface area (Å²) in [5.74, 6) is 0.136. The fraction of sp³-hybridized carbons (Fsp3) is 0.130. The van der Waals surface area contributed by atoms with Gasteiger partial charge in [0, 0.05) is 28.8 Å². The van der Waals surface area contributed by atoms with Gasteiger partial charge in [-0.25, -0.2) is 0 Å². The lowest BCUT2D eigenvalue weighted by atomic mass is 9.83. The number of ether oxygens (including phenoxy) is 3. The Labute approximate surface area is 167 Å². The van der Waals surface area contributed by atoms with E-state index in [1.165, 1.54) is 12.1 Å². The monoisotopic (exact) mass is 387 g/mol. The number of hydrogen-bond donors (Lipinski definition) is 0. The Balaban J connectivity index is 1.74. The number of benzene rings is 3. The molecule has 3 aromatic rings. The Kier molecular flexibility index (Phi) is 3.89. The third kappa shape index (κ3) is 2.68. The molecule has 2 aliphatic heterocycles. The minimum atomic E-state index is -1.14. The van der Waals surface area contributed by atoms with Gasteiger partial charge in [-0.3, -0.25) is 10.1 Å². The number of nitrogens with zero attached hydrogens (tertiary/aromatic N) is 1. The lowest BCUT2D eigenvalue weighted by Gasteiger charge is -2.43. The van der Waals surface area contributed by atoms with Crippen LogP contribution in [0.5, 0.6) is 11.5 Å². The zero-order valence-electron chi connectivity index (χ0n) is 15.6. The summed E-state index contributed by atoms with van der Waals surface area (Å²) < 4.78 is 18.0. The molecular weight excluding hydrogens is 370 g/mol. The second-order valence-corrected chi connectivity index (χ2v) is 6.93. The van der Waals surface area contributed by atoms with Crippen LogP contribution in [0.25, 0.3) is 11.6 Å². The van der Waals surface area contributed by atoms with Crippen LogP contribution in [0, 0.1) is 10.1 Å². The molecule has 6 heteroatoms. The van der Waals surface area contributed by atoms with Gasteiger partial charge in [0.25, 0.3) is 11.5 Å². The quantitative estimate of drug-likeness (QED) is 0.471. The van der Waals surface area contributed by atoms with Gasteiger partial charge in [0.15, 0.2) is 0 Å². The highest BCUT2D eigenvalue weighted by Gasteiger charge is 2.47. The van der Waals surface area contributed by atoms with Crippen LogP contribution in [-0.2, 0) is 17.1 Å². The average Bonchev–Trinajstić information content (AvgIpc) is 2.77. The molecule has 0 saturated heterocycles. The van der Waals surface area contributed by atoms with Gasteiger partial charge < -0.3 is 14.2 Å². The molecule has 2 aliphatic rings. The van der Waals surface area contributed by atoms with E-state index in [-0.39, 0.29) is 5.69 Å². The van der Waals surface area contributed by atoms with E-state index in [0.717, 1.165) is 28.0 Å². The van der Waals surface area contributed by atoms with Crippen molar-refractivity contribution in [3.63, 3.8) is 0 Å². The van der Waals surface area contributed by atoms with Crippen molar-refractivity contribution < 1.29 is 19.1 Å². The van der Waals surface area contributed by atoms with E-state index in [9.17, 15) is 10.1 Å². The van der Waals surface area contributed by atoms with Crippen molar-refractivity contribution >= 4 is 17.3 Å². The molecule has 5 rings (SSSR count). The second kappa shape index (κ2) is 6.46. The number of non-ortho nitro benzene ring substituents is 1. The van der Waals surface area contributed by atoms with Crippen molar-refractivity contribution in [2.75, 3.05) is 7.11 Å². The first-order chi connectivity index (χ1) is 14.1. The molecule has 0 fully saturated rings. The van der Waals surface area contributed by atoms with Crippen LogP contribution in [0.3, 0.4) is 0 Å². The lowest BCUT2D eigenvalue weighted by molar-refractivity contribution is -0.384. The van der Waals surface area contributed by atoms with Gasteiger partial charge in [-0.05, 0) is 47.5 Å². The summed E-state index contributed by atoms with van der Waals surface area (Å²) in [4.78, 5) is 10.8. The molecule has 0 spiro atoms. The summed E-state index contributed by atoms with van der Waals surface area (Å²) in [6.45, 7) is 0.391. The van der Waals surface area contributed by atoms with Gasteiger partial charge in [0.2, 0.25) is 0 Å². The normalized spacial score (nSPS) is 19.1. The lowest BCUT2D eigenvalue weighted by Crippen LogP contribution is -2.42. The summed E-state index contributed by atoms with van der Waals surface area (Å²) in [5.41, 5.74) is 4.36. The molecule has 0 aliphatic carbocycles. The Bertz CT molecular complexity index is 1150. The third-order valence-corrected chi connectivity index (χ3v) is 5.32. The second-order valence-electron chi connectivity index (χ2n) is 6.93. The summed E-state index contributed by atoms with van der Waals surface area (Å²) >= 11 is 0. The van der Waals surface area contributed by atoms with Crippen LogP contribution < -0.4 is 9.47 Å². The zero-order chi connectivity index (χ0) is 20.0. The third-order valence-electron chi connectivity index (χ3n) is 5.32. The number of methoxy groups -OCH3 is 1. The molecule has 2 heterocycles. The smallest absolute Gasteiger partial charge is 0.270 e. The van der Waals surface area contributed by atoms with Crippen molar-refractivity contribution in [1.29, 1.82) is 0 Å². The molecule has 1 unspecified atom stereocenters. The molecule has 6 nitrogen and oxygen atoms in total. The molecule has 144 valence electrons. The van der Waals surface area contributed by atoms with E-state index in [1.807, 2.05) is 54.6 Å². The van der Waals surface area contributed by atoms with E-state index < -0.39 is 10.7 Å². The Morgan fingerprint density at radius 3 is 2.62 bits per heavy atom. The van der Waals surface area contributed by atoms with Gasteiger partial charge >= 0.3 is 0 Å². The van der Waals surface area contributed by atoms with Crippen LogP contribution in [0.4, 0.5) is 5.69 Å². The van der Waals surface area contributed by atoms with Gasteiger partial charge in [-0.15, -0.1) is 0 Å². The summed E-state index contributed by atoms with van der Waals surface area (Å²) in [6.07, 6.45) is 1.92. The molecule has 0 saturated carbocycles. The molecule has 29 heavy (non-hydrogen) atoms. The van der Waals surface area contributed by atoms with Gasteiger partial charge in [0.05, 0.1) is 18.6 Å². The number of nitro groups is 1. The van der Waals surface area contributed by atoms with Gasteiger partial charge in [-0.1, -0.05) is 24.3 Å². The van der Waals surface area contributed by atoms with Crippen molar-refractivity contribution in [1.82, 2.24) is 0 Å². The Morgan fingerprint density at radius 1 is 1.07 bits per heavy atom. The Morgan fingerprint density at radius 2 is 1.86 bits per heavy atom. The average molecular weight is 387 g/mol. The minimum absolute atomic E-state index is 0.0196. The van der Waals surface area contributed by atoms with Gasteiger partial charge in [-0.2, -0.15) is 0 Å². The zero-order valence-corrected chi connectivity index (χ0v) is 15.6. The van der Waals surface area contributed by atoms with E-state index in [4.69, 9.17) is 14.2 Å². The molecule has 0 N–H and O–H groups in total. The predicted molar refractivity (Wildman–Crippen MR) is 107 cm³/mol. The molecule has 0 amide bonds. The molecule has 0 bridgehead atoms. The van der Waals surface area contributed by atoms with E-state index >= 15 is 0 Å². The molecule has 0 aromatic heterocycles. The molecule has 0 radical (unpaired) electrons. The first-order valence-electron chi connectivity index (χ1n) is 9.17. The fourth-order valence-corrected chi connectivity index (χ4v) is 3.87. The standard InChI is InChI=1S/C23H17NO5/c1-27-19-9-6-17(7-10-19)23-21(20-5-3-2-4-15(20)14-28-23)13-16-12-18(24(25)26)8-11-22(16)29-23/h2-13H,14H2,1H3. The van der Waals surface area contributed by atoms with E-state index in [1.54, 1.807) is 13.2 Å². The van der Waals surface area contributed by atoms with Crippen molar-refractivity contribution in [2.45, 2.75) is 12.4 Å². The SMILES string of the molecule is COc1ccc(C23OCc4ccccc4C2=Cc2cc([N+](=O)[O-])ccc2O3)cc1. The van der Waals surface area contributed by atoms with Crippen LogP contribution in [0.2, 0.25) is 0 Å². The highest BCUT2D eigenvalue weighted by Crippen LogP contribution is 2.51. The number of nitro benzene ring substituents is 1. The molecular formula is C23H17NO5. The summed E-state index contributed by atoms with van der Waals surface area (Å²) in [7, 11) is 1.62. The van der Waals surface area contributed by atoms with Crippen LogP contribution in [0.1, 0.15) is 22.3 Å². The van der Waals surface area contributed by atoms with Crippen LogP contribution in [-0.4, -0.2) is 12.0 Å². The predicted octanol–water partition coefficient (Wildman–Crippen LogP) is 4.92. The highest BCUT2D eigenvalue weighted by atomic mass is 16.7. The minimum Gasteiger partial charge on any atom is -0.497 e. The highest BCUT2D eigenvalue weighted by molar-refractivity contribution is 5.91. The van der Waals surface area contributed by atoms with Gasteiger partial charge in [0.1, 0.15) is 11.5 Å².